The number of hydrogen-bond acceptors (Lipinski definition) is 2. The zero-order chi connectivity index (χ0) is 15.5. The molecule has 3 nitrogen and oxygen atoms in total. The van der Waals surface area contributed by atoms with Gasteiger partial charge in [-0.25, -0.2) is 0 Å². The molecule has 2 rings (SSSR count). The van der Waals surface area contributed by atoms with E-state index >= 15 is 0 Å². The molecule has 2 aromatic carbocycles. The highest BCUT2D eigenvalue weighted by Gasteiger charge is 2.30. The maximum absolute atomic E-state index is 12.3. The number of anilines is 1. The Morgan fingerprint density at radius 1 is 0.952 bits per heavy atom. The summed E-state index contributed by atoms with van der Waals surface area (Å²) in [4.78, 5) is 12.3. The van der Waals surface area contributed by atoms with Crippen molar-refractivity contribution in [1.29, 1.82) is 0 Å². The average Bonchev–Trinajstić information content (AvgIpc) is 2.43. The van der Waals surface area contributed by atoms with E-state index in [1.54, 1.807) is 62.4 Å². The predicted octanol–water partition coefficient (Wildman–Crippen LogP) is 4.79. The average molecular weight is 324 g/mol. The van der Waals surface area contributed by atoms with E-state index in [-0.39, 0.29) is 5.91 Å². The minimum Gasteiger partial charge on any atom is -0.478 e. The molecule has 1 N–H and O–H groups in total. The monoisotopic (exact) mass is 323 g/mol. The molecule has 0 atom stereocenters. The zero-order valence-electron chi connectivity index (χ0n) is 11.7. The fourth-order valence-electron chi connectivity index (χ4n) is 1.66. The van der Waals surface area contributed by atoms with Crippen LogP contribution in [-0.4, -0.2) is 11.5 Å². The molecule has 0 aliphatic carbocycles. The minimum absolute atomic E-state index is 0.250. The highest BCUT2D eigenvalue weighted by atomic mass is 35.5. The first-order valence-corrected chi connectivity index (χ1v) is 7.14. The summed E-state index contributed by atoms with van der Waals surface area (Å²) in [6.45, 7) is 3.40. The van der Waals surface area contributed by atoms with Crippen molar-refractivity contribution in [2.75, 3.05) is 5.32 Å². The van der Waals surface area contributed by atoms with Gasteiger partial charge in [0.05, 0.1) is 0 Å². The lowest BCUT2D eigenvalue weighted by Crippen LogP contribution is -2.42. The normalized spacial score (nSPS) is 11.0. The van der Waals surface area contributed by atoms with Gasteiger partial charge in [0.15, 0.2) is 5.60 Å². The molecule has 0 aliphatic rings. The second kappa shape index (κ2) is 6.37. The Kier molecular flexibility index (Phi) is 4.76. The largest absolute Gasteiger partial charge is 0.478 e. The van der Waals surface area contributed by atoms with E-state index in [9.17, 15) is 4.79 Å². The SMILES string of the molecule is CC(C)(Oc1ccc(Cl)cc1)C(=O)Nc1ccc(Cl)cc1. The van der Waals surface area contributed by atoms with E-state index in [0.29, 0.717) is 21.5 Å². The van der Waals surface area contributed by atoms with Crippen LogP contribution in [0.5, 0.6) is 5.75 Å². The van der Waals surface area contributed by atoms with Crippen LogP contribution in [0, 0.1) is 0 Å². The molecule has 1 amide bonds. The Balaban J connectivity index is 2.05. The van der Waals surface area contributed by atoms with Crippen molar-refractivity contribution in [2.24, 2.45) is 0 Å². The van der Waals surface area contributed by atoms with Gasteiger partial charge >= 0.3 is 0 Å². The van der Waals surface area contributed by atoms with E-state index in [0.717, 1.165) is 0 Å². The predicted molar refractivity (Wildman–Crippen MR) is 86.2 cm³/mol. The number of nitrogens with one attached hydrogen (secondary N) is 1. The first-order valence-electron chi connectivity index (χ1n) is 6.38. The van der Waals surface area contributed by atoms with Crippen LogP contribution in [0.1, 0.15) is 13.8 Å². The van der Waals surface area contributed by atoms with Gasteiger partial charge < -0.3 is 10.1 Å². The van der Waals surface area contributed by atoms with Crippen LogP contribution < -0.4 is 10.1 Å². The molecule has 0 unspecified atom stereocenters. The Hall–Kier alpha value is -1.71. The molecule has 0 aliphatic heterocycles. The number of rotatable bonds is 4. The van der Waals surface area contributed by atoms with Crippen LogP contribution in [0.15, 0.2) is 48.5 Å². The van der Waals surface area contributed by atoms with E-state index in [1.807, 2.05) is 0 Å². The maximum atomic E-state index is 12.3. The van der Waals surface area contributed by atoms with E-state index in [4.69, 9.17) is 27.9 Å². The molecule has 0 radical (unpaired) electrons. The maximum Gasteiger partial charge on any atom is 0.267 e. The third kappa shape index (κ3) is 4.38. The van der Waals surface area contributed by atoms with Gasteiger partial charge in [-0.1, -0.05) is 23.2 Å². The lowest BCUT2D eigenvalue weighted by atomic mass is 10.1. The molecule has 21 heavy (non-hydrogen) atoms. The fourth-order valence-corrected chi connectivity index (χ4v) is 1.91. The summed E-state index contributed by atoms with van der Waals surface area (Å²) >= 11 is 11.6. The molecule has 0 fully saturated rings. The van der Waals surface area contributed by atoms with Gasteiger partial charge in [-0.3, -0.25) is 4.79 Å². The van der Waals surface area contributed by atoms with Crippen molar-refractivity contribution in [1.82, 2.24) is 0 Å². The molecule has 0 saturated carbocycles. The van der Waals surface area contributed by atoms with Gasteiger partial charge in [-0.05, 0) is 62.4 Å². The summed E-state index contributed by atoms with van der Waals surface area (Å²) in [5.41, 5.74) is -0.356. The second-order valence-electron chi connectivity index (χ2n) is 5.03. The van der Waals surface area contributed by atoms with Crippen LogP contribution >= 0.6 is 23.2 Å². The van der Waals surface area contributed by atoms with Crippen molar-refractivity contribution in [3.8, 4) is 5.75 Å². The molecular weight excluding hydrogens is 309 g/mol. The highest BCUT2D eigenvalue weighted by Crippen LogP contribution is 2.22. The molecule has 0 spiro atoms. The van der Waals surface area contributed by atoms with Gasteiger partial charge in [0, 0.05) is 15.7 Å². The van der Waals surface area contributed by atoms with Crippen LogP contribution in [0.25, 0.3) is 0 Å². The Labute approximate surface area is 133 Å². The summed E-state index contributed by atoms with van der Waals surface area (Å²) in [7, 11) is 0. The van der Waals surface area contributed by atoms with Gasteiger partial charge in [-0.15, -0.1) is 0 Å². The molecule has 0 bridgehead atoms. The van der Waals surface area contributed by atoms with Crippen LogP contribution in [0.4, 0.5) is 5.69 Å². The number of hydrogen-bond donors (Lipinski definition) is 1. The second-order valence-corrected chi connectivity index (χ2v) is 5.90. The van der Waals surface area contributed by atoms with Crippen molar-refractivity contribution in [3.05, 3.63) is 58.6 Å². The smallest absolute Gasteiger partial charge is 0.267 e. The lowest BCUT2D eigenvalue weighted by Gasteiger charge is -2.25. The molecule has 2 aromatic rings. The van der Waals surface area contributed by atoms with E-state index < -0.39 is 5.60 Å². The van der Waals surface area contributed by atoms with Crippen molar-refractivity contribution >= 4 is 34.8 Å². The molecule has 110 valence electrons. The standard InChI is InChI=1S/C16H15Cl2NO2/c1-16(2,21-14-9-5-12(18)6-10-14)15(20)19-13-7-3-11(17)4-8-13/h3-10H,1-2H3,(H,19,20). The van der Waals surface area contributed by atoms with Gasteiger partial charge in [0.1, 0.15) is 5.75 Å². The topological polar surface area (TPSA) is 38.3 Å². The van der Waals surface area contributed by atoms with E-state index in [2.05, 4.69) is 5.32 Å². The lowest BCUT2D eigenvalue weighted by molar-refractivity contribution is -0.128. The molecule has 5 heteroatoms. The first kappa shape index (κ1) is 15.7. The number of carbonyl (C=O) groups is 1. The highest BCUT2D eigenvalue weighted by molar-refractivity contribution is 6.30. The van der Waals surface area contributed by atoms with E-state index in [1.165, 1.54) is 0 Å². The summed E-state index contributed by atoms with van der Waals surface area (Å²) in [5, 5.41) is 4.02. The Morgan fingerprint density at radius 2 is 1.43 bits per heavy atom. The third-order valence-corrected chi connectivity index (χ3v) is 3.34. The summed E-state index contributed by atoms with van der Waals surface area (Å²) in [5.74, 6) is 0.329. The molecule has 0 aromatic heterocycles. The number of benzene rings is 2. The fraction of sp³-hybridized carbons (Fsp3) is 0.188. The zero-order valence-corrected chi connectivity index (χ0v) is 13.2. The summed E-state index contributed by atoms with van der Waals surface area (Å²) in [6.07, 6.45) is 0. The van der Waals surface area contributed by atoms with Gasteiger partial charge in [0.2, 0.25) is 0 Å². The van der Waals surface area contributed by atoms with Crippen LogP contribution in [-0.2, 0) is 4.79 Å². The van der Waals surface area contributed by atoms with Gasteiger partial charge in [-0.2, -0.15) is 0 Å². The number of ether oxygens (including phenoxy) is 1. The first-order chi connectivity index (χ1) is 9.87. The quantitative estimate of drug-likeness (QED) is 0.878. The van der Waals surface area contributed by atoms with Crippen LogP contribution in [0.3, 0.4) is 0 Å². The molecule has 0 saturated heterocycles. The number of carbonyl (C=O) groups excluding carboxylic acids is 1. The molecule has 0 heterocycles. The van der Waals surface area contributed by atoms with Gasteiger partial charge in [0.25, 0.3) is 5.91 Å². The Morgan fingerprint density at radius 3 is 1.95 bits per heavy atom. The van der Waals surface area contributed by atoms with Crippen LogP contribution in [0.2, 0.25) is 10.0 Å². The van der Waals surface area contributed by atoms with Crippen molar-refractivity contribution in [3.63, 3.8) is 0 Å². The summed E-state index contributed by atoms with van der Waals surface area (Å²) < 4.78 is 5.72. The third-order valence-electron chi connectivity index (χ3n) is 2.84. The Bertz CT molecular complexity index is 622. The molecular formula is C16H15Cl2NO2. The van der Waals surface area contributed by atoms with Crippen molar-refractivity contribution < 1.29 is 9.53 Å². The summed E-state index contributed by atoms with van der Waals surface area (Å²) in [6, 6.07) is 13.8. The number of amides is 1. The van der Waals surface area contributed by atoms with Crippen molar-refractivity contribution in [2.45, 2.75) is 19.4 Å². The minimum atomic E-state index is -1.02. The number of halogens is 2.